The Morgan fingerprint density at radius 3 is 2.67 bits per heavy atom. The van der Waals surface area contributed by atoms with Crippen LogP contribution in [0.1, 0.15) is 54.5 Å². The molecule has 3 unspecified atom stereocenters. The number of anilines is 1. The molecule has 3 aliphatic heterocycles. The summed E-state index contributed by atoms with van der Waals surface area (Å²) in [6.45, 7) is 8.64. The van der Waals surface area contributed by atoms with Gasteiger partial charge < -0.3 is 15.5 Å². The maximum atomic E-state index is 12.1. The molecule has 0 bridgehead atoms. The average Bonchev–Trinajstić information content (AvgIpc) is 3.45. The predicted octanol–water partition coefficient (Wildman–Crippen LogP) is 4.04. The number of carbonyl (C=O) groups is 1. The molecule has 2 aromatic rings. The van der Waals surface area contributed by atoms with Crippen molar-refractivity contribution in [2.24, 2.45) is 5.73 Å². The van der Waals surface area contributed by atoms with E-state index in [1.165, 1.54) is 48.2 Å². The maximum absolute atomic E-state index is 12.1. The van der Waals surface area contributed by atoms with Crippen LogP contribution >= 0.6 is 0 Å². The number of benzene rings is 2. The van der Waals surface area contributed by atoms with E-state index in [0.717, 1.165) is 24.7 Å². The van der Waals surface area contributed by atoms with Gasteiger partial charge in [-0.05, 0) is 68.0 Å². The molecule has 158 valence electrons. The highest BCUT2D eigenvalue weighted by atomic mass is 16.2. The molecule has 2 aromatic carbocycles. The van der Waals surface area contributed by atoms with E-state index in [1.54, 1.807) is 4.90 Å². The molecule has 30 heavy (non-hydrogen) atoms. The van der Waals surface area contributed by atoms with Crippen LogP contribution < -0.4 is 10.6 Å². The van der Waals surface area contributed by atoms with Gasteiger partial charge in [-0.1, -0.05) is 36.4 Å². The zero-order chi connectivity index (χ0) is 20.8. The minimum absolute atomic E-state index is 0.0942. The van der Waals surface area contributed by atoms with Crippen LogP contribution in [0, 0.1) is 6.92 Å². The minimum Gasteiger partial charge on any atom is -0.370 e. The molecule has 0 aromatic heterocycles. The summed E-state index contributed by atoms with van der Waals surface area (Å²) < 4.78 is 0. The van der Waals surface area contributed by atoms with E-state index in [-0.39, 0.29) is 12.1 Å². The highest BCUT2D eigenvalue weighted by Gasteiger charge is 2.35. The SMILES string of the molecule is Cc1cc(C2c3ccccc3CN2C(N)=O)ccc1N1CCC(N2CCCC2C)C1. The quantitative estimate of drug-likeness (QED) is 0.840. The van der Waals surface area contributed by atoms with Crippen LogP contribution in [0.4, 0.5) is 10.5 Å². The Morgan fingerprint density at radius 1 is 1.10 bits per heavy atom. The fraction of sp³-hybridized carbons (Fsp3) is 0.480. The summed E-state index contributed by atoms with van der Waals surface area (Å²) in [5.74, 6) is 0. The van der Waals surface area contributed by atoms with Crippen LogP contribution in [-0.4, -0.2) is 47.5 Å². The standard InChI is InChI=1S/C25H32N4O/c1-17-14-19(24-22-8-4-3-7-20(22)15-29(24)25(26)30)9-10-23(17)27-13-11-21(16-27)28-12-5-6-18(28)2/h3-4,7-10,14,18,21,24H,5-6,11-13,15-16H2,1-2H3,(H2,26,30). The lowest BCUT2D eigenvalue weighted by Gasteiger charge is -2.29. The maximum Gasteiger partial charge on any atom is 0.315 e. The number of nitrogens with two attached hydrogens (primary N) is 1. The van der Waals surface area contributed by atoms with Crippen LogP contribution in [0.3, 0.4) is 0 Å². The number of fused-ring (bicyclic) bond motifs is 1. The van der Waals surface area contributed by atoms with Gasteiger partial charge in [0, 0.05) is 37.4 Å². The predicted molar refractivity (Wildman–Crippen MR) is 121 cm³/mol. The minimum atomic E-state index is -0.361. The lowest BCUT2D eigenvalue weighted by atomic mass is 9.96. The molecule has 2 saturated heterocycles. The second-order valence-electron chi connectivity index (χ2n) is 9.23. The fourth-order valence-electron chi connectivity index (χ4n) is 5.89. The lowest BCUT2D eigenvalue weighted by Crippen LogP contribution is -2.39. The van der Waals surface area contributed by atoms with Gasteiger partial charge in [-0.25, -0.2) is 4.79 Å². The zero-order valence-corrected chi connectivity index (χ0v) is 18.1. The monoisotopic (exact) mass is 404 g/mol. The van der Waals surface area contributed by atoms with Gasteiger partial charge in [0.2, 0.25) is 0 Å². The number of hydrogen-bond acceptors (Lipinski definition) is 3. The molecule has 2 amide bonds. The molecule has 2 fully saturated rings. The van der Waals surface area contributed by atoms with Crippen LogP contribution in [0.25, 0.3) is 0 Å². The number of rotatable bonds is 3. The zero-order valence-electron chi connectivity index (χ0n) is 18.1. The first-order chi connectivity index (χ1) is 14.5. The molecule has 3 heterocycles. The number of carbonyl (C=O) groups excluding carboxylic acids is 1. The molecule has 2 N–H and O–H groups in total. The first-order valence-electron chi connectivity index (χ1n) is 11.3. The first-order valence-corrected chi connectivity index (χ1v) is 11.3. The van der Waals surface area contributed by atoms with Gasteiger partial charge in [0.05, 0.1) is 6.04 Å². The van der Waals surface area contributed by atoms with Crippen molar-refractivity contribution >= 4 is 11.7 Å². The van der Waals surface area contributed by atoms with E-state index in [2.05, 4.69) is 54.0 Å². The van der Waals surface area contributed by atoms with Crippen molar-refractivity contribution in [3.8, 4) is 0 Å². The normalized spacial score (nSPS) is 26.4. The first kappa shape index (κ1) is 19.4. The van der Waals surface area contributed by atoms with Crippen LogP contribution in [0.5, 0.6) is 0 Å². The summed E-state index contributed by atoms with van der Waals surface area (Å²) in [6, 6.07) is 15.9. The van der Waals surface area contributed by atoms with Gasteiger partial charge in [-0.15, -0.1) is 0 Å². The molecular formula is C25H32N4O. The molecule has 0 spiro atoms. The third kappa shape index (κ3) is 3.25. The van der Waals surface area contributed by atoms with Crippen molar-refractivity contribution in [2.45, 2.75) is 57.8 Å². The Hall–Kier alpha value is -2.53. The van der Waals surface area contributed by atoms with E-state index in [9.17, 15) is 4.79 Å². The number of urea groups is 1. The number of likely N-dealkylation sites (tertiary alicyclic amines) is 1. The van der Waals surface area contributed by atoms with Crippen LogP contribution in [-0.2, 0) is 6.54 Å². The van der Waals surface area contributed by atoms with E-state index < -0.39 is 0 Å². The summed E-state index contributed by atoms with van der Waals surface area (Å²) in [5, 5.41) is 0. The average molecular weight is 405 g/mol. The summed E-state index contributed by atoms with van der Waals surface area (Å²) in [5.41, 5.74) is 11.8. The topological polar surface area (TPSA) is 52.8 Å². The molecule has 5 rings (SSSR count). The summed E-state index contributed by atoms with van der Waals surface area (Å²) in [7, 11) is 0. The molecule has 3 aliphatic rings. The Kier molecular flexibility index (Phi) is 4.94. The summed E-state index contributed by atoms with van der Waals surface area (Å²) in [4.78, 5) is 19.2. The second-order valence-corrected chi connectivity index (χ2v) is 9.23. The summed E-state index contributed by atoms with van der Waals surface area (Å²) >= 11 is 0. The van der Waals surface area contributed by atoms with Crippen LogP contribution in [0.2, 0.25) is 0 Å². The number of hydrogen-bond donors (Lipinski definition) is 1. The smallest absolute Gasteiger partial charge is 0.315 e. The Balaban J connectivity index is 1.39. The molecule has 0 saturated carbocycles. The number of primary amides is 1. The fourth-order valence-corrected chi connectivity index (χ4v) is 5.89. The van der Waals surface area contributed by atoms with Gasteiger partial charge in [-0.2, -0.15) is 0 Å². The number of amides is 2. The van der Waals surface area contributed by atoms with Crippen molar-refractivity contribution in [1.82, 2.24) is 9.80 Å². The Bertz CT molecular complexity index is 958. The third-order valence-electron chi connectivity index (χ3n) is 7.40. The third-order valence-corrected chi connectivity index (χ3v) is 7.40. The molecule has 5 heteroatoms. The van der Waals surface area contributed by atoms with E-state index in [0.29, 0.717) is 12.6 Å². The van der Waals surface area contributed by atoms with E-state index in [4.69, 9.17) is 5.73 Å². The molecule has 3 atom stereocenters. The molecule has 0 radical (unpaired) electrons. The molecule has 5 nitrogen and oxygen atoms in total. The molecule has 0 aliphatic carbocycles. The molecular weight excluding hydrogens is 372 g/mol. The van der Waals surface area contributed by atoms with Crippen molar-refractivity contribution in [1.29, 1.82) is 0 Å². The van der Waals surface area contributed by atoms with Gasteiger partial charge in [0.1, 0.15) is 0 Å². The largest absolute Gasteiger partial charge is 0.370 e. The van der Waals surface area contributed by atoms with Gasteiger partial charge in [0.25, 0.3) is 0 Å². The highest BCUT2D eigenvalue weighted by Crippen LogP contribution is 2.40. The second kappa shape index (κ2) is 7.62. The van der Waals surface area contributed by atoms with Crippen molar-refractivity contribution in [3.63, 3.8) is 0 Å². The summed E-state index contributed by atoms with van der Waals surface area (Å²) in [6.07, 6.45) is 3.92. The van der Waals surface area contributed by atoms with Crippen molar-refractivity contribution in [2.75, 3.05) is 24.5 Å². The van der Waals surface area contributed by atoms with Crippen molar-refractivity contribution < 1.29 is 4.79 Å². The Labute approximate surface area is 179 Å². The number of aryl methyl sites for hydroxylation is 1. The lowest BCUT2D eigenvalue weighted by molar-refractivity contribution is 0.199. The van der Waals surface area contributed by atoms with E-state index in [1.807, 2.05) is 12.1 Å². The van der Waals surface area contributed by atoms with Gasteiger partial charge in [0.15, 0.2) is 0 Å². The van der Waals surface area contributed by atoms with E-state index >= 15 is 0 Å². The van der Waals surface area contributed by atoms with Crippen molar-refractivity contribution in [3.05, 3.63) is 64.7 Å². The number of nitrogens with zero attached hydrogens (tertiary/aromatic N) is 3. The van der Waals surface area contributed by atoms with Gasteiger partial charge in [-0.3, -0.25) is 4.90 Å². The highest BCUT2D eigenvalue weighted by molar-refractivity contribution is 5.75. The Morgan fingerprint density at radius 2 is 1.93 bits per heavy atom. The van der Waals surface area contributed by atoms with Gasteiger partial charge >= 0.3 is 6.03 Å². The van der Waals surface area contributed by atoms with Crippen LogP contribution in [0.15, 0.2) is 42.5 Å².